The van der Waals surface area contributed by atoms with Crippen LogP contribution in [0.5, 0.6) is 0 Å². The molecule has 0 unspecified atom stereocenters. The number of urea groups is 1. The van der Waals surface area contributed by atoms with Gasteiger partial charge in [-0.3, -0.25) is 10.1 Å². The van der Waals surface area contributed by atoms with Crippen molar-refractivity contribution in [2.75, 3.05) is 16.4 Å². The second-order valence-electron chi connectivity index (χ2n) is 7.52. The fourth-order valence-electron chi connectivity index (χ4n) is 3.30. The van der Waals surface area contributed by atoms with Crippen molar-refractivity contribution in [3.05, 3.63) is 46.2 Å². The van der Waals surface area contributed by atoms with Crippen molar-refractivity contribution in [3.63, 3.8) is 0 Å². The van der Waals surface area contributed by atoms with Crippen LogP contribution in [0, 0.1) is 6.92 Å². The lowest BCUT2D eigenvalue weighted by Crippen LogP contribution is -2.22. The third-order valence-electron chi connectivity index (χ3n) is 5.10. The molecule has 1 aliphatic heterocycles. The number of nitrogens with two attached hydrogens (primary N) is 1. The van der Waals surface area contributed by atoms with Crippen LogP contribution < -0.4 is 27.0 Å². The number of benzene rings is 1. The van der Waals surface area contributed by atoms with E-state index in [1.807, 2.05) is 6.92 Å². The number of nitrogens with zero attached hydrogens (tertiary/aromatic N) is 3. The van der Waals surface area contributed by atoms with E-state index in [-0.39, 0.29) is 5.70 Å². The molecule has 11 heteroatoms. The van der Waals surface area contributed by atoms with Gasteiger partial charge >= 0.3 is 6.03 Å². The molecule has 3 amide bonds. The number of amides is 3. The van der Waals surface area contributed by atoms with Crippen LogP contribution in [0.1, 0.15) is 24.0 Å². The lowest BCUT2D eigenvalue weighted by Gasteiger charge is -2.16. The zero-order chi connectivity index (χ0) is 21.7. The SMILES string of the molecule is Cc1c(Nc2ccc(N)cc2Cl)nc2c(/C=C3\NC(=O)NC3=O)cnn2c1NC1CC1. The molecular formula is C20H19ClN8O2. The number of nitrogen functional groups attached to an aromatic ring is 1. The lowest BCUT2D eigenvalue weighted by atomic mass is 10.2. The maximum absolute atomic E-state index is 11.9. The molecule has 0 bridgehead atoms. The summed E-state index contributed by atoms with van der Waals surface area (Å²) in [6, 6.07) is 5.02. The minimum Gasteiger partial charge on any atom is -0.399 e. The number of nitrogens with one attached hydrogen (secondary N) is 4. The Labute approximate surface area is 181 Å². The van der Waals surface area contributed by atoms with Crippen LogP contribution in [0.2, 0.25) is 5.02 Å². The Morgan fingerprint density at radius 1 is 1.29 bits per heavy atom. The van der Waals surface area contributed by atoms with Crippen LogP contribution >= 0.6 is 11.6 Å². The van der Waals surface area contributed by atoms with Crippen molar-refractivity contribution in [2.24, 2.45) is 0 Å². The molecule has 1 saturated heterocycles. The van der Waals surface area contributed by atoms with E-state index in [1.165, 1.54) is 0 Å². The minimum atomic E-state index is -0.562. The summed E-state index contributed by atoms with van der Waals surface area (Å²) in [7, 11) is 0. The van der Waals surface area contributed by atoms with Gasteiger partial charge in [0, 0.05) is 22.9 Å². The van der Waals surface area contributed by atoms with Gasteiger partial charge < -0.3 is 21.7 Å². The number of hydrogen-bond donors (Lipinski definition) is 5. The van der Waals surface area contributed by atoms with Crippen LogP contribution in [0.3, 0.4) is 0 Å². The van der Waals surface area contributed by atoms with E-state index in [0.29, 0.717) is 39.5 Å². The van der Waals surface area contributed by atoms with Gasteiger partial charge in [0.05, 0.1) is 16.9 Å². The number of fused-ring (bicyclic) bond motifs is 1. The second kappa shape index (κ2) is 7.17. The standard InChI is InChI=1S/C20H19ClN8O2/c1-9-16(25-14-5-2-11(22)7-13(14)21)27-18-10(6-15-19(30)28-20(31)26-15)8-23-29(18)17(9)24-12-3-4-12/h2,5-8,12,24H,3-4,22H2,1H3,(H,25,27)(H2,26,28,30,31)/b15-6-. The van der Waals surface area contributed by atoms with E-state index >= 15 is 0 Å². The molecule has 0 radical (unpaired) electrons. The monoisotopic (exact) mass is 438 g/mol. The molecule has 10 nitrogen and oxygen atoms in total. The maximum atomic E-state index is 11.9. The highest BCUT2D eigenvalue weighted by atomic mass is 35.5. The van der Waals surface area contributed by atoms with Crippen molar-refractivity contribution in [1.82, 2.24) is 25.2 Å². The fraction of sp³-hybridized carbons (Fsp3) is 0.200. The van der Waals surface area contributed by atoms with Gasteiger partial charge in [-0.2, -0.15) is 9.61 Å². The highest BCUT2D eigenvalue weighted by Crippen LogP contribution is 2.34. The van der Waals surface area contributed by atoms with Crippen LogP contribution in [-0.4, -0.2) is 32.6 Å². The van der Waals surface area contributed by atoms with Gasteiger partial charge in [0.2, 0.25) is 0 Å². The van der Waals surface area contributed by atoms with Crippen LogP contribution in [-0.2, 0) is 4.79 Å². The molecule has 0 spiro atoms. The quantitative estimate of drug-likeness (QED) is 0.234. The molecule has 1 aliphatic carbocycles. The Morgan fingerprint density at radius 2 is 2.10 bits per heavy atom. The largest absolute Gasteiger partial charge is 0.399 e. The van der Waals surface area contributed by atoms with Gasteiger partial charge in [0.15, 0.2) is 5.65 Å². The first-order valence-corrected chi connectivity index (χ1v) is 10.1. The summed E-state index contributed by atoms with van der Waals surface area (Å²) in [6.07, 6.45) is 5.32. The molecule has 1 saturated carbocycles. The smallest absolute Gasteiger partial charge is 0.326 e. The van der Waals surface area contributed by atoms with Crippen molar-refractivity contribution in [1.29, 1.82) is 0 Å². The van der Waals surface area contributed by atoms with E-state index < -0.39 is 11.9 Å². The summed E-state index contributed by atoms with van der Waals surface area (Å²) in [5, 5.41) is 16.4. The molecule has 2 aromatic heterocycles. The number of hydrogen-bond acceptors (Lipinski definition) is 7. The fourth-order valence-corrected chi connectivity index (χ4v) is 3.54. The molecule has 0 atom stereocenters. The first kappa shape index (κ1) is 19.2. The molecule has 2 fully saturated rings. The summed E-state index contributed by atoms with van der Waals surface area (Å²) >= 11 is 6.34. The van der Waals surface area contributed by atoms with Gasteiger partial charge in [-0.25, -0.2) is 9.78 Å². The summed E-state index contributed by atoms with van der Waals surface area (Å²) in [5.41, 5.74) is 9.12. The molecule has 2 aliphatic rings. The number of aromatic nitrogens is 3. The average molecular weight is 439 g/mol. The normalized spacial score (nSPS) is 17.2. The minimum absolute atomic E-state index is 0.134. The molecule has 1 aromatic carbocycles. The van der Waals surface area contributed by atoms with Gasteiger partial charge in [-0.05, 0) is 44.0 Å². The molecular weight excluding hydrogens is 420 g/mol. The first-order valence-electron chi connectivity index (χ1n) is 9.70. The number of halogens is 1. The average Bonchev–Trinajstić information content (AvgIpc) is 3.37. The zero-order valence-electron chi connectivity index (χ0n) is 16.5. The Morgan fingerprint density at radius 3 is 2.77 bits per heavy atom. The molecule has 3 aromatic rings. The summed E-state index contributed by atoms with van der Waals surface area (Å²) in [6.45, 7) is 1.94. The lowest BCUT2D eigenvalue weighted by molar-refractivity contribution is -0.115. The van der Waals surface area contributed by atoms with Gasteiger partial charge in [0.25, 0.3) is 5.91 Å². The van der Waals surface area contributed by atoms with Gasteiger partial charge in [-0.1, -0.05) is 11.6 Å². The molecule has 3 heterocycles. The molecule has 31 heavy (non-hydrogen) atoms. The third kappa shape index (κ3) is 3.61. The summed E-state index contributed by atoms with van der Waals surface area (Å²) in [4.78, 5) is 28.1. The van der Waals surface area contributed by atoms with Crippen molar-refractivity contribution in [3.8, 4) is 0 Å². The number of imide groups is 1. The number of rotatable bonds is 5. The Hall–Kier alpha value is -3.79. The second-order valence-corrected chi connectivity index (χ2v) is 7.93. The Balaban J connectivity index is 1.63. The van der Waals surface area contributed by atoms with Crippen LogP contribution in [0.4, 0.5) is 27.8 Å². The predicted octanol–water partition coefficient (Wildman–Crippen LogP) is 2.77. The number of anilines is 4. The highest BCUT2D eigenvalue weighted by Gasteiger charge is 2.26. The highest BCUT2D eigenvalue weighted by molar-refractivity contribution is 6.33. The predicted molar refractivity (Wildman–Crippen MR) is 118 cm³/mol. The molecule has 6 N–H and O–H groups in total. The van der Waals surface area contributed by atoms with E-state index in [2.05, 4.69) is 26.4 Å². The zero-order valence-corrected chi connectivity index (χ0v) is 17.2. The molecule has 158 valence electrons. The van der Waals surface area contributed by atoms with E-state index in [1.54, 1.807) is 35.0 Å². The third-order valence-corrected chi connectivity index (χ3v) is 5.41. The van der Waals surface area contributed by atoms with Gasteiger partial charge in [0.1, 0.15) is 17.3 Å². The molecule has 5 rings (SSSR count). The number of carbonyl (C=O) groups excluding carboxylic acids is 2. The van der Waals surface area contributed by atoms with E-state index in [4.69, 9.17) is 22.3 Å². The Kier molecular flexibility index (Phi) is 4.44. The Bertz CT molecular complexity index is 1280. The topological polar surface area (TPSA) is 138 Å². The van der Waals surface area contributed by atoms with Crippen molar-refractivity contribution in [2.45, 2.75) is 25.8 Å². The van der Waals surface area contributed by atoms with E-state index in [9.17, 15) is 9.59 Å². The van der Waals surface area contributed by atoms with Crippen molar-refractivity contribution < 1.29 is 9.59 Å². The van der Waals surface area contributed by atoms with E-state index in [0.717, 1.165) is 24.2 Å². The summed E-state index contributed by atoms with van der Waals surface area (Å²) < 4.78 is 1.70. The maximum Gasteiger partial charge on any atom is 0.326 e. The van der Waals surface area contributed by atoms with Crippen molar-refractivity contribution >= 4 is 58.3 Å². The van der Waals surface area contributed by atoms with Gasteiger partial charge in [-0.15, -0.1) is 0 Å². The van der Waals surface area contributed by atoms with Crippen LogP contribution in [0.15, 0.2) is 30.1 Å². The number of carbonyl (C=O) groups is 2. The first-order chi connectivity index (χ1) is 14.9. The summed E-state index contributed by atoms with van der Waals surface area (Å²) in [5.74, 6) is 0.883. The van der Waals surface area contributed by atoms with Crippen LogP contribution in [0.25, 0.3) is 11.7 Å².